The molecule has 0 radical (unpaired) electrons. The zero-order valence-electron chi connectivity index (χ0n) is 11.0. The molecule has 1 unspecified atom stereocenters. The Morgan fingerprint density at radius 1 is 1.45 bits per heavy atom. The Hall–Kier alpha value is -1.60. The van der Waals surface area contributed by atoms with Crippen molar-refractivity contribution in [2.24, 2.45) is 0 Å². The Bertz CT molecular complexity index is 469. The van der Waals surface area contributed by atoms with E-state index in [0.29, 0.717) is 10.6 Å². The molecular formula is C13H16FNO4S. The van der Waals surface area contributed by atoms with Gasteiger partial charge in [-0.2, -0.15) is 0 Å². The monoisotopic (exact) mass is 301 g/mol. The molecule has 0 aromatic heterocycles. The van der Waals surface area contributed by atoms with Crippen molar-refractivity contribution in [3.63, 3.8) is 0 Å². The number of thioether (sulfide) groups is 1. The van der Waals surface area contributed by atoms with Crippen LogP contribution >= 0.6 is 11.8 Å². The maximum Gasteiger partial charge on any atom is 0.336 e. The number of carbonyl (C=O) groups excluding carboxylic acids is 2. The highest BCUT2D eigenvalue weighted by Crippen LogP contribution is 2.21. The summed E-state index contributed by atoms with van der Waals surface area (Å²) >= 11 is 1.23. The van der Waals surface area contributed by atoms with Crippen LogP contribution in [0.2, 0.25) is 0 Å². The van der Waals surface area contributed by atoms with Crippen LogP contribution in [0.5, 0.6) is 0 Å². The van der Waals surface area contributed by atoms with Gasteiger partial charge in [0, 0.05) is 17.1 Å². The lowest BCUT2D eigenvalue weighted by Crippen LogP contribution is -2.37. The number of ether oxygens (including phenoxy) is 1. The lowest BCUT2D eigenvalue weighted by Gasteiger charge is -2.09. The lowest BCUT2D eigenvalue weighted by molar-refractivity contribution is -0.150. The first kappa shape index (κ1) is 16.5. The van der Waals surface area contributed by atoms with E-state index in [1.165, 1.54) is 17.8 Å². The van der Waals surface area contributed by atoms with E-state index in [1.807, 2.05) is 0 Å². The molecule has 7 heteroatoms. The first-order valence-electron chi connectivity index (χ1n) is 5.94. The minimum absolute atomic E-state index is 0.160. The number of hydrogen-bond donors (Lipinski definition) is 2. The number of carbonyl (C=O) groups is 2. The van der Waals surface area contributed by atoms with E-state index < -0.39 is 12.1 Å². The molecule has 0 bridgehead atoms. The van der Waals surface area contributed by atoms with Gasteiger partial charge in [0.2, 0.25) is 5.91 Å². The Labute approximate surface area is 120 Å². The van der Waals surface area contributed by atoms with Crippen molar-refractivity contribution < 1.29 is 23.8 Å². The van der Waals surface area contributed by atoms with Crippen molar-refractivity contribution >= 4 is 23.6 Å². The van der Waals surface area contributed by atoms with Crippen LogP contribution in [0.1, 0.15) is 6.42 Å². The number of aliphatic hydroxyl groups is 1. The maximum absolute atomic E-state index is 13.3. The van der Waals surface area contributed by atoms with Crippen LogP contribution in [0.4, 0.5) is 4.39 Å². The smallest absolute Gasteiger partial charge is 0.336 e. The summed E-state index contributed by atoms with van der Waals surface area (Å²) in [6.07, 6.45) is -1.21. The second-order valence-corrected chi connectivity index (χ2v) is 5.01. The first-order chi connectivity index (χ1) is 9.54. The summed E-state index contributed by atoms with van der Waals surface area (Å²) in [4.78, 5) is 22.8. The van der Waals surface area contributed by atoms with E-state index in [-0.39, 0.29) is 24.7 Å². The number of aliphatic hydroxyl groups excluding tert-OH is 1. The van der Waals surface area contributed by atoms with Gasteiger partial charge < -0.3 is 15.2 Å². The van der Waals surface area contributed by atoms with Gasteiger partial charge in [0.05, 0.1) is 13.7 Å². The standard InChI is InChI=1S/C13H16FNO4S/c1-19-13(18)10(16)8-15-12(17)6-7-20-11-5-3-2-4-9(11)14/h2-5,10,16H,6-8H2,1H3,(H,15,17). The van der Waals surface area contributed by atoms with E-state index in [9.17, 15) is 19.1 Å². The zero-order valence-corrected chi connectivity index (χ0v) is 11.8. The molecule has 0 saturated carbocycles. The summed E-state index contributed by atoms with van der Waals surface area (Å²) in [5.74, 6) is -1.04. The van der Waals surface area contributed by atoms with E-state index in [2.05, 4.69) is 10.1 Å². The highest BCUT2D eigenvalue weighted by molar-refractivity contribution is 7.99. The highest BCUT2D eigenvalue weighted by atomic mass is 32.2. The van der Waals surface area contributed by atoms with Crippen LogP contribution in [0.3, 0.4) is 0 Å². The van der Waals surface area contributed by atoms with Crippen LogP contribution in [0, 0.1) is 5.82 Å². The van der Waals surface area contributed by atoms with E-state index >= 15 is 0 Å². The van der Waals surface area contributed by atoms with Gasteiger partial charge in [-0.25, -0.2) is 9.18 Å². The van der Waals surface area contributed by atoms with Crippen LogP contribution in [-0.2, 0) is 14.3 Å². The number of esters is 1. The van der Waals surface area contributed by atoms with Gasteiger partial charge in [-0.1, -0.05) is 12.1 Å². The summed E-state index contributed by atoms with van der Waals surface area (Å²) < 4.78 is 17.6. The molecule has 20 heavy (non-hydrogen) atoms. The van der Waals surface area contributed by atoms with Gasteiger partial charge in [0.1, 0.15) is 5.82 Å². The quantitative estimate of drug-likeness (QED) is 0.579. The summed E-state index contributed by atoms with van der Waals surface area (Å²) in [5.41, 5.74) is 0. The fraction of sp³-hybridized carbons (Fsp3) is 0.385. The van der Waals surface area contributed by atoms with Gasteiger partial charge in [0.15, 0.2) is 6.10 Å². The summed E-state index contributed by atoms with van der Waals surface area (Å²) in [6.45, 7) is -0.199. The number of nitrogens with one attached hydrogen (secondary N) is 1. The number of halogens is 1. The Kier molecular flexibility index (Phi) is 7.03. The van der Waals surface area contributed by atoms with Crippen molar-refractivity contribution in [1.29, 1.82) is 0 Å². The number of methoxy groups -OCH3 is 1. The molecule has 0 aliphatic rings. The Morgan fingerprint density at radius 3 is 2.80 bits per heavy atom. The van der Waals surface area contributed by atoms with Crippen molar-refractivity contribution in [3.05, 3.63) is 30.1 Å². The zero-order chi connectivity index (χ0) is 15.0. The average Bonchev–Trinajstić information content (AvgIpc) is 2.45. The summed E-state index contributed by atoms with van der Waals surface area (Å²) in [6, 6.07) is 6.31. The molecule has 0 aliphatic heterocycles. The molecule has 110 valence electrons. The predicted molar refractivity (Wildman–Crippen MR) is 72.8 cm³/mol. The topological polar surface area (TPSA) is 75.6 Å². The molecule has 0 fully saturated rings. The van der Waals surface area contributed by atoms with E-state index in [4.69, 9.17) is 0 Å². The number of rotatable bonds is 7. The molecule has 1 atom stereocenters. The lowest BCUT2D eigenvalue weighted by atomic mass is 10.3. The summed E-state index contributed by atoms with van der Waals surface area (Å²) in [5, 5.41) is 11.7. The van der Waals surface area contributed by atoms with Gasteiger partial charge >= 0.3 is 5.97 Å². The van der Waals surface area contributed by atoms with Crippen molar-refractivity contribution in [2.75, 3.05) is 19.4 Å². The van der Waals surface area contributed by atoms with E-state index in [1.54, 1.807) is 18.2 Å². The molecular weight excluding hydrogens is 285 g/mol. The third-order valence-electron chi connectivity index (χ3n) is 2.39. The molecule has 1 aromatic rings. The largest absolute Gasteiger partial charge is 0.467 e. The van der Waals surface area contributed by atoms with Gasteiger partial charge in [-0.15, -0.1) is 11.8 Å². The molecule has 1 aromatic carbocycles. The van der Waals surface area contributed by atoms with Gasteiger partial charge in [-0.3, -0.25) is 4.79 Å². The second-order valence-electron chi connectivity index (χ2n) is 3.87. The molecule has 0 spiro atoms. The molecule has 1 rings (SSSR count). The molecule has 1 amide bonds. The SMILES string of the molecule is COC(=O)C(O)CNC(=O)CCSc1ccccc1F. The molecule has 5 nitrogen and oxygen atoms in total. The fourth-order valence-corrected chi connectivity index (χ4v) is 2.22. The van der Waals surface area contributed by atoms with Crippen LogP contribution in [0.15, 0.2) is 29.2 Å². The van der Waals surface area contributed by atoms with E-state index in [0.717, 1.165) is 7.11 Å². The number of hydrogen-bond acceptors (Lipinski definition) is 5. The average molecular weight is 301 g/mol. The van der Waals surface area contributed by atoms with Crippen molar-refractivity contribution in [3.8, 4) is 0 Å². The maximum atomic E-state index is 13.3. The molecule has 0 saturated heterocycles. The Morgan fingerprint density at radius 2 is 2.15 bits per heavy atom. The first-order valence-corrected chi connectivity index (χ1v) is 6.93. The minimum atomic E-state index is -1.37. The molecule has 2 N–H and O–H groups in total. The second kappa shape index (κ2) is 8.55. The minimum Gasteiger partial charge on any atom is -0.467 e. The fourth-order valence-electron chi connectivity index (χ4n) is 1.33. The third kappa shape index (κ3) is 5.58. The summed E-state index contributed by atoms with van der Waals surface area (Å²) in [7, 11) is 1.15. The molecule has 0 heterocycles. The van der Waals surface area contributed by atoms with Crippen LogP contribution in [0.25, 0.3) is 0 Å². The Balaban J connectivity index is 2.24. The van der Waals surface area contributed by atoms with Crippen LogP contribution < -0.4 is 5.32 Å². The third-order valence-corrected chi connectivity index (χ3v) is 3.44. The van der Waals surface area contributed by atoms with Crippen molar-refractivity contribution in [2.45, 2.75) is 17.4 Å². The predicted octanol–water partition coefficient (Wildman–Crippen LogP) is 0.958. The number of amides is 1. The van der Waals surface area contributed by atoms with Gasteiger partial charge in [-0.05, 0) is 12.1 Å². The highest BCUT2D eigenvalue weighted by Gasteiger charge is 2.15. The normalized spacial score (nSPS) is 11.8. The number of benzene rings is 1. The van der Waals surface area contributed by atoms with Crippen LogP contribution in [-0.4, -0.2) is 42.5 Å². The van der Waals surface area contributed by atoms with Crippen molar-refractivity contribution in [1.82, 2.24) is 5.32 Å². The van der Waals surface area contributed by atoms with Gasteiger partial charge in [0.25, 0.3) is 0 Å². The molecule has 0 aliphatic carbocycles.